The maximum absolute atomic E-state index is 13.7. The van der Waals surface area contributed by atoms with Crippen molar-refractivity contribution in [1.29, 1.82) is 0 Å². The van der Waals surface area contributed by atoms with E-state index in [1.165, 1.54) is 11.6 Å². The lowest BCUT2D eigenvalue weighted by Crippen LogP contribution is -2.30. The van der Waals surface area contributed by atoms with Crippen molar-refractivity contribution in [3.05, 3.63) is 47.0 Å². The van der Waals surface area contributed by atoms with E-state index < -0.39 is 11.6 Å². The summed E-state index contributed by atoms with van der Waals surface area (Å²) in [5, 5.41) is 6.11. The van der Waals surface area contributed by atoms with E-state index in [1.54, 1.807) is 6.07 Å². The highest BCUT2D eigenvalue weighted by Gasteiger charge is 2.45. The highest BCUT2D eigenvalue weighted by molar-refractivity contribution is 5.85. The van der Waals surface area contributed by atoms with Crippen LogP contribution in [0, 0.1) is 17.6 Å². The molecule has 1 fully saturated rings. The van der Waals surface area contributed by atoms with Crippen molar-refractivity contribution in [3.8, 4) is 0 Å². The van der Waals surface area contributed by atoms with Gasteiger partial charge >= 0.3 is 0 Å². The molecule has 2 unspecified atom stereocenters. The van der Waals surface area contributed by atoms with Crippen LogP contribution in [-0.4, -0.2) is 25.5 Å². The molecule has 1 aliphatic heterocycles. The highest BCUT2D eigenvalue weighted by Crippen LogP contribution is 2.48. The van der Waals surface area contributed by atoms with Crippen molar-refractivity contribution >= 4 is 18.3 Å². The topological polar surface area (TPSA) is 41.1 Å². The van der Waals surface area contributed by atoms with Crippen molar-refractivity contribution in [2.75, 3.05) is 19.6 Å². The molecule has 1 aromatic rings. The predicted molar refractivity (Wildman–Crippen MR) is 83.0 cm³/mol. The first-order chi connectivity index (χ1) is 10.2. The second-order valence-electron chi connectivity index (χ2n) is 5.63. The number of amides is 1. The second-order valence-corrected chi connectivity index (χ2v) is 5.63. The van der Waals surface area contributed by atoms with E-state index in [0.717, 1.165) is 25.6 Å². The van der Waals surface area contributed by atoms with Crippen molar-refractivity contribution < 1.29 is 13.6 Å². The van der Waals surface area contributed by atoms with Crippen LogP contribution in [0.3, 0.4) is 0 Å². The molecule has 2 atom stereocenters. The molecule has 22 heavy (non-hydrogen) atoms. The van der Waals surface area contributed by atoms with Gasteiger partial charge in [0.1, 0.15) is 0 Å². The minimum Gasteiger partial charge on any atom is -0.352 e. The van der Waals surface area contributed by atoms with Gasteiger partial charge in [-0.05, 0) is 36.9 Å². The summed E-state index contributed by atoms with van der Waals surface area (Å²) in [7, 11) is 0. The Kier molecular flexibility index (Phi) is 5.53. The first-order valence-corrected chi connectivity index (χ1v) is 7.27. The summed E-state index contributed by atoms with van der Waals surface area (Å²) >= 11 is 0. The molecular weight excluding hydrogens is 310 g/mol. The van der Waals surface area contributed by atoms with Crippen LogP contribution >= 0.6 is 12.4 Å². The summed E-state index contributed by atoms with van der Waals surface area (Å²) in [5.41, 5.74) is 1.53. The first kappa shape index (κ1) is 16.9. The maximum atomic E-state index is 13.7. The van der Waals surface area contributed by atoms with E-state index in [0.29, 0.717) is 18.5 Å². The number of hydrogen-bond acceptors (Lipinski definition) is 2. The molecule has 0 spiro atoms. The standard InChI is InChI=1S/C16H18F2N2O.ClH/c17-14-3-1-2-11(15(14)18)12-8-13(12)16(21)20-9-10-4-6-19-7-5-10;/h1-4,12-13,19H,5-9H2,(H,20,21);1H. The van der Waals surface area contributed by atoms with Crippen LogP contribution in [0.1, 0.15) is 24.3 Å². The fourth-order valence-electron chi connectivity index (χ4n) is 2.80. The van der Waals surface area contributed by atoms with Gasteiger partial charge in [-0.15, -0.1) is 12.4 Å². The molecule has 1 heterocycles. The summed E-state index contributed by atoms with van der Waals surface area (Å²) in [6, 6.07) is 4.15. The van der Waals surface area contributed by atoms with Gasteiger partial charge in [-0.25, -0.2) is 8.78 Å². The summed E-state index contributed by atoms with van der Waals surface area (Å²) in [5.74, 6) is -2.16. The predicted octanol–water partition coefficient (Wildman–Crippen LogP) is 2.53. The maximum Gasteiger partial charge on any atom is 0.224 e. The van der Waals surface area contributed by atoms with Gasteiger partial charge in [-0.2, -0.15) is 0 Å². The molecule has 0 bridgehead atoms. The number of carbonyl (C=O) groups is 1. The summed E-state index contributed by atoms with van der Waals surface area (Å²) in [4.78, 5) is 12.1. The van der Waals surface area contributed by atoms with Crippen LogP contribution in [0.4, 0.5) is 8.78 Å². The number of rotatable bonds is 4. The minimum atomic E-state index is -0.849. The lowest BCUT2D eigenvalue weighted by molar-refractivity contribution is -0.122. The van der Waals surface area contributed by atoms with E-state index >= 15 is 0 Å². The van der Waals surface area contributed by atoms with Crippen molar-refractivity contribution in [2.24, 2.45) is 5.92 Å². The van der Waals surface area contributed by atoms with E-state index in [-0.39, 0.29) is 30.2 Å². The van der Waals surface area contributed by atoms with Crippen LogP contribution in [0.15, 0.2) is 29.8 Å². The van der Waals surface area contributed by atoms with Gasteiger partial charge < -0.3 is 10.6 Å². The second kappa shape index (κ2) is 7.20. The first-order valence-electron chi connectivity index (χ1n) is 7.27. The molecule has 120 valence electrons. The molecule has 1 amide bonds. The molecule has 3 nitrogen and oxygen atoms in total. The van der Waals surface area contributed by atoms with Gasteiger partial charge in [0.05, 0.1) is 0 Å². The largest absolute Gasteiger partial charge is 0.352 e. The van der Waals surface area contributed by atoms with Gasteiger partial charge in [0.2, 0.25) is 5.91 Å². The monoisotopic (exact) mass is 328 g/mol. The third-order valence-corrected chi connectivity index (χ3v) is 4.16. The zero-order chi connectivity index (χ0) is 14.8. The molecule has 2 N–H and O–H groups in total. The molecule has 2 aliphatic rings. The number of benzene rings is 1. The van der Waals surface area contributed by atoms with Crippen LogP contribution in [0.5, 0.6) is 0 Å². The molecule has 6 heteroatoms. The lowest BCUT2D eigenvalue weighted by atomic mass is 10.1. The normalized spacial score (nSPS) is 23.3. The van der Waals surface area contributed by atoms with Crippen LogP contribution in [-0.2, 0) is 4.79 Å². The van der Waals surface area contributed by atoms with E-state index in [1.807, 2.05) is 0 Å². The average Bonchev–Trinajstić information content (AvgIpc) is 3.29. The molecule has 3 rings (SSSR count). The molecule has 1 aliphatic carbocycles. The van der Waals surface area contributed by atoms with Crippen molar-refractivity contribution in [2.45, 2.75) is 18.8 Å². The van der Waals surface area contributed by atoms with Gasteiger partial charge in [-0.3, -0.25) is 4.79 Å². The zero-order valence-electron chi connectivity index (χ0n) is 12.1. The summed E-state index contributed by atoms with van der Waals surface area (Å²) in [6.07, 6.45) is 3.61. The number of halogens is 3. The number of carbonyl (C=O) groups excluding carboxylic acids is 1. The number of nitrogens with one attached hydrogen (secondary N) is 2. The van der Waals surface area contributed by atoms with Gasteiger partial charge in [-0.1, -0.05) is 23.8 Å². The highest BCUT2D eigenvalue weighted by atomic mass is 35.5. The lowest BCUT2D eigenvalue weighted by Gasteiger charge is -2.14. The van der Waals surface area contributed by atoms with E-state index in [4.69, 9.17) is 0 Å². The van der Waals surface area contributed by atoms with Crippen LogP contribution in [0.2, 0.25) is 0 Å². The van der Waals surface area contributed by atoms with Crippen molar-refractivity contribution in [1.82, 2.24) is 10.6 Å². The molecular formula is C16H19ClF2N2O. The smallest absolute Gasteiger partial charge is 0.224 e. The molecule has 0 radical (unpaired) electrons. The van der Waals surface area contributed by atoms with E-state index in [2.05, 4.69) is 16.7 Å². The Morgan fingerprint density at radius 2 is 2.18 bits per heavy atom. The van der Waals surface area contributed by atoms with Crippen LogP contribution in [0.25, 0.3) is 0 Å². The van der Waals surface area contributed by atoms with Gasteiger partial charge in [0.15, 0.2) is 11.6 Å². The Hall–Kier alpha value is -1.46. The zero-order valence-corrected chi connectivity index (χ0v) is 12.9. The fraction of sp³-hybridized carbons (Fsp3) is 0.438. The Bertz CT molecular complexity index is 592. The number of hydrogen-bond donors (Lipinski definition) is 2. The summed E-state index contributed by atoms with van der Waals surface area (Å²) < 4.78 is 26.9. The Morgan fingerprint density at radius 1 is 1.36 bits per heavy atom. The molecule has 1 saturated carbocycles. The Morgan fingerprint density at radius 3 is 2.91 bits per heavy atom. The third kappa shape index (κ3) is 3.65. The third-order valence-electron chi connectivity index (χ3n) is 4.16. The Balaban J connectivity index is 0.00000176. The summed E-state index contributed by atoms with van der Waals surface area (Å²) in [6.45, 7) is 2.32. The SMILES string of the molecule is Cl.O=C(NCC1=CCNCC1)C1CC1c1cccc(F)c1F. The average molecular weight is 329 g/mol. The molecule has 0 saturated heterocycles. The van der Waals surface area contributed by atoms with Crippen molar-refractivity contribution in [3.63, 3.8) is 0 Å². The minimum absolute atomic E-state index is 0. The quantitative estimate of drug-likeness (QED) is 0.834. The molecule has 0 aromatic heterocycles. The van der Waals surface area contributed by atoms with Gasteiger partial charge in [0.25, 0.3) is 0 Å². The fourth-order valence-corrected chi connectivity index (χ4v) is 2.80. The van der Waals surface area contributed by atoms with Gasteiger partial charge in [0, 0.05) is 19.0 Å². The Labute approximate surface area is 134 Å². The molecule has 1 aromatic carbocycles. The van der Waals surface area contributed by atoms with Crippen LogP contribution < -0.4 is 10.6 Å². The van der Waals surface area contributed by atoms with E-state index in [9.17, 15) is 13.6 Å².